The van der Waals surface area contributed by atoms with Gasteiger partial charge < -0.3 is 0 Å². The van der Waals surface area contributed by atoms with Crippen molar-refractivity contribution < 1.29 is 4.92 Å². The fourth-order valence-corrected chi connectivity index (χ4v) is 1.07. The van der Waals surface area contributed by atoms with Crippen molar-refractivity contribution in [2.75, 3.05) is 6.54 Å². The van der Waals surface area contributed by atoms with Crippen LogP contribution in [0.1, 0.15) is 39.5 Å². The summed E-state index contributed by atoms with van der Waals surface area (Å²) in [5.41, 5.74) is 0. The van der Waals surface area contributed by atoms with Crippen LogP contribution in [0.15, 0.2) is 0 Å². The minimum Gasteiger partial charge on any atom is -0.265 e. The second-order valence-electron chi connectivity index (χ2n) is 2.64. The molecule has 0 amide bonds. The first-order valence-corrected chi connectivity index (χ1v) is 4.41. The highest BCUT2D eigenvalue weighted by Crippen LogP contribution is 2.28. The average Bonchev–Trinajstić information content (AvgIpc) is 1.88. The molecule has 3 nitrogen and oxygen atoms in total. The molecular weight excluding hydrogens is 142 g/mol. The van der Waals surface area contributed by atoms with Crippen LogP contribution in [0, 0.1) is 16.0 Å². The van der Waals surface area contributed by atoms with Gasteiger partial charge in [0.05, 0.1) is 0 Å². The van der Waals surface area contributed by atoms with E-state index in [1.54, 1.807) is 0 Å². The summed E-state index contributed by atoms with van der Waals surface area (Å²) in [6.45, 7) is 4.17. The number of nitro groups is 1. The van der Waals surface area contributed by atoms with Crippen LogP contribution in [-0.2, 0) is 0 Å². The van der Waals surface area contributed by atoms with Crippen LogP contribution in [-0.4, -0.2) is 11.5 Å². The molecular formula is C8H17NO2. The topological polar surface area (TPSA) is 43.1 Å². The Morgan fingerprint density at radius 3 is 2.27 bits per heavy atom. The summed E-state index contributed by atoms with van der Waals surface area (Å²) in [4.78, 5) is 9.63. The van der Waals surface area contributed by atoms with Crippen LogP contribution >= 0.6 is 0 Å². The van der Waals surface area contributed by atoms with Gasteiger partial charge in [-0.15, -0.1) is 0 Å². The van der Waals surface area contributed by atoms with E-state index >= 15 is 0 Å². The summed E-state index contributed by atoms with van der Waals surface area (Å²) in [6, 6.07) is 0. The lowest BCUT2D eigenvalue weighted by Crippen LogP contribution is -2.15. The van der Waals surface area contributed by atoms with Crippen molar-refractivity contribution in [1.82, 2.24) is 0 Å². The Bertz CT molecular complexity index is 111. The smallest absolute Gasteiger partial charge is 0.204 e. The predicted octanol–water partition coefficient (Wildman–Crippen LogP) is 2.48. The van der Waals surface area contributed by atoms with Crippen molar-refractivity contribution in [1.29, 1.82) is 0 Å². The molecule has 0 aliphatic heterocycles. The Morgan fingerprint density at radius 2 is 2.00 bits per heavy atom. The van der Waals surface area contributed by atoms with E-state index in [-0.39, 0.29) is 11.5 Å². The molecule has 66 valence electrons. The highest BCUT2D eigenvalue weighted by atomic mass is 16.6. The van der Waals surface area contributed by atoms with Gasteiger partial charge in [-0.3, -0.25) is 10.1 Å². The highest BCUT2D eigenvalue weighted by Gasteiger charge is 2.18. The SMILES string of the molecule is CC.O=[N+]([O-])CCC1CCC1. The zero-order valence-corrected chi connectivity index (χ0v) is 7.38. The summed E-state index contributed by atoms with van der Waals surface area (Å²) >= 11 is 0. The molecule has 0 saturated heterocycles. The van der Waals surface area contributed by atoms with Crippen LogP contribution in [0.2, 0.25) is 0 Å². The van der Waals surface area contributed by atoms with Crippen molar-refractivity contribution in [2.24, 2.45) is 5.92 Å². The lowest BCUT2D eigenvalue weighted by atomic mass is 9.83. The maximum absolute atomic E-state index is 9.85. The average molecular weight is 159 g/mol. The Hall–Kier alpha value is -0.600. The standard InChI is InChI=1S/C6H11NO2.C2H6/c8-7(9)5-4-6-2-1-3-6;1-2/h6H,1-5H2;1-2H3. The zero-order valence-electron chi connectivity index (χ0n) is 7.38. The molecule has 0 N–H and O–H groups in total. The van der Waals surface area contributed by atoms with Crippen molar-refractivity contribution in [3.8, 4) is 0 Å². The quantitative estimate of drug-likeness (QED) is 0.469. The van der Waals surface area contributed by atoms with Crippen LogP contribution < -0.4 is 0 Å². The number of nitrogens with zero attached hydrogens (tertiary/aromatic N) is 1. The van der Waals surface area contributed by atoms with E-state index < -0.39 is 0 Å². The molecule has 0 aromatic carbocycles. The normalized spacial score (nSPS) is 16.2. The van der Waals surface area contributed by atoms with E-state index in [1.807, 2.05) is 13.8 Å². The lowest BCUT2D eigenvalue weighted by molar-refractivity contribution is -0.482. The molecule has 0 aromatic rings. The molecule has 1 fully saturated rings. The van der Waals surface area contributed by atoms with Crippen LogP contribution in [0.3, 0.4) is 0 Å². The van der Waals surface area contributed by atoms with E-state index in [0.717, 1.165) is 6.42 Å². The van der Waals surface area contributed by atoms with Crippen molar-refractivity contribution in [3.05, 3.63) is 10.1 Å². The maximum Gasteiger partial charge on any atom is 0.204 e. The predicted molar refractivity (Wildman–Crippen MR) is 45.2 cm³/mol. The monoisotopic (exact) mass is 159 g/mol. The second kappa shape index (κ2) is 6.13. The van der Waals surface area contributed by atoms with Gasteiger partial charge in [0.25, 0.3) is 0 Å². The van der Waals surface area contributed by atoms with Gasteiger partial charge in [-0.25, -0.2) is 0 Å². The Balaban J connectivity index is 0.000000461. The largest absolute Gasteiger partial charge is 0.265 e. The van der Waals surface area contributed by atoms with Crippen molar-refractivity contribution >= 4 is 0 Å². The summed E-state index contributed by atoms with van der Waals surface area (Å²) < 4.78 is 0. The van der Waals surface area contributed by atoms with Crippen LogP contribution in [0.25, 0.3) is 0 Å². The van der Waals surface area contributed by atoms with E-state index in [9.17, 15) is 10.1 Å². The minimum atomic E-state index is -0.224. The van der Waals surface area contributed by atoms with Gasteiger partial charge in [-0.05, 0) is 5.92 Å². The molecule has 3 heteroatoms. The molecule has 0 spiro atoms. The molecule has 1 aliphatic rings. The van der Waals surface area contributed by atoms with Gasteiger partial charge in [0.15, 0.2) is 0 Å². The summed E-state index contributed by atoms with van der Waals surface area (Å²) in [6.07, 6.45) is 4.51. The van der Waals surface area contributed by atoms with Gasteiger partial charge in [0.2, 0.25) is 6.54 Å². The second-order valence-corrected chi connectivity index (χ2v) is 2.64. The molecule has 0 heterocycles. The van der Waals surface area contributed by atoms with Gasteiger partial charge >= 0.3 is 0 Å². The third kappa shape index (κ3) is 4.76. The van der Waals surface area contributed by atoms with E-state index in [1.165, 1.54) is 19.3 Å². The van der Waals surface area contributed by atoms with Gasteiger partial charge in [-0.2, -0.15) is 0 Å². The Morgan fingerprint density at radius 1 is 1.45 bits per heavy atom. The van der Waals surface area contributed by atoms with E-state index in [0.29, 0.717) is 5.92 Å². The highest BCUT2D eigenvalue weighted by molar-refractivity contribution is 4.68. The summed E-state index contributed by atoms with van der Waals surface area (Å²) in [5.74, 6) is 0.676. The molecule has 0 radical (unpaired) electrons. The number of hydrogen-bond donors (Lipinski definition) is 0. The van der Waals surface area contributed by atoms with Crippen molar-refractivity contribution in [2.45, 2.75) is 39.5 Å². The molecule has 0 atom stereocenters. The van der Waals surface area contributed by atoms with E-state index in [2.05, 4.69) is 0 Å². The van der Waals surface area contributed by atoms with Gasteiger partial charge in [0, 0.05) is 11.3 Å². The zero-order chi connectivity index (χ0) is 8.69. The molecule has 1 aliphatic carbocycles. The first kappa shape index (κ1) is 10.4. The fraction of sp³-hybridized carbons (Fsp3) is 1.00. The van der Waals surface area contributed by atoms with Gasteiger partial charge in [-0.1, -0.05) is 33.1 Å². The van der Waals surface area contributed by atoms with Gasteiger partial charge in [0.1, 0.15) is 0 Å². The van der Waals surface area contributed by atoms with E-state index in [4.69, 9.17) is 0 Å². The van der Waals surface area contributed by atoms with Crippen LogP contribution in [0.5, 0.6) is 0 Å². The molecule has 0 unspecified atom stereocenters. The first-order chi connectivity index (χ1) is 5.29. The number of rotatable bonds is 3. The molecule has 1 rings (SSSR count). The Labute approximate surface area is 67.9 Å². The molecule has 1 saturated carbocycles. The van der Waals surface area contributed by atoms with Crippen molar-refractivity contribution in [3.63, 3.8) is 0 Å². The first-order valence-electron chi connectivity index (χ1n) is 4.41. The number of hydrogen-bond acceptors (Lipinski definition) is 2. The summed E-state index contributed by atoms with van der Waals surface area (Å²) in [5, 5.41) is 9.85. The molecule has 0 bridgehead atoms. The third-order valence-electron chi connectivity index (χ3n) is 1.94. The molecule has 0 aromatic heterocycles. The lowest BCUT2D eigenvalue weighted by Gasteiger charge is -2.22. The minimum absolute atomic E-state index is 0.171. The third-order valence-corrected chi connectivity index (χ3v) is 1.94. The summed E-state index contributed by atoms with van der Waals surface area (Å²) in [7, 11) is 0. The van der Waals surface area contributed by atoms with Crippen LogP contribution in [0.4, 0.5) is 0 Å². The fourth-order valence-electron chi connectivity index (χ4n) is 1.07. The molecule has 11 heavy (non-hydrogen) atoms. The Kier molecular flexibility index (Phi) is 5.80. The maximum atomic E-state index is 9.85.